The number of hydrogen-bond acceptors (Lipinski definition) is 9. The first-order valence-corrected chi connectivity index (χ1v) is 12.4. The van der Waals surface area contributed by atoms with Crippen molar-refractivity contribution in [2.75, 3.05) is 39.6 Å². The minimum absolute atomic E-state index is 0.0952. The third kappa shape index (κ3) is 7.76. The molecule has 0 bridgehead atoms. The Balaban J connectivity index is 2.64. The third-order valence-corrected chi connectivity index (χ3v) is 4.75. The number of hydrogen-bond donors (Lipinski definition) is 0. The van der Waals surface area contributed by atoms with Crippen LogP contribution in [0.3, 0.4) is 0 Å². The van der Waals surface area contributed by atoms with Crippen LogP contribution >= 0.6 is 0 Å². The van der Waals surface area contributed by atoms with Gasteiger partial charge in [-0.2, -0.15) is 0 Å². The van der Waals surface area contributed by atoms with Crippen molar-refractivity contribution >= 4 is 11.8 Å². The lowest BCUT2D eigenvalue weighted by Gasteiger charge is -2.26. The molecule has 2 amide bonds. The Morgan fingerprint density at radius 1 is 0.703 bits per heavy atom. The molecule has 10 nitrogen and oxygen atoms in total. The summed E-state index contributed by atoms with van der Waals surface area (Å²) in [7, 11) is 0. The van der Waals surface area contributed by atoms with E-state index in [1.807, 2.05) is 0 Å². The van der Waals surface area contributed by atoms with E-state index in [1.165, 1.54) is 6.26 Å². The topological polar surface area (TPSA) is 106 Å². The van der Waals surface area contributed by atoms with E-state index < -0.39 is 23.8 Å². The van der Waals surface area contributed by atoms with Crippen LogP contribution in [-0.2, 0) is 44.6 Å². The molecule has 1 aliphatic heterocycles. The van der Waals surface area contributed by atoms with Crippen LogP contribution in [0, 0.1) is 23.7 Å². The number of ether oxygens (including phenoxy) is 6. The molecule has 0 N–H and O–H groups in total. The van der Waals surface area contributed by atoms with Gasteiger partial charge < -0.3 is 32.8 Å². The molecular formula is C27H35NO9. The highest BCUT2D eigenvalue weighted by Crippen LogP contribution is 2.25. The first-order chi connectivity index (χ1) is 17.8. The number of imide groups is 1. The Morgan fingerprint density at radius 3 is 1.38 bits per heavy atom. The Morgan fingerprint density at radius 2 is 1.08 bits per heavy atom. The summed E-state index contributed by atoms with van der Waals surface area (Å²) in [5.41, 5.74) is -0.295. The molecule has 1 aromatic rings. The summed E-state index contributed by atoms with van der Waals surface area (Å²) in [6, 6.07) is 3.32. The standard InChI is InChI=1S/C27H35NO9/c1-7-32-26(33-8-2,34-9-3)17-15-22-23(16-18-27(35-10-4,36-11-5)37-12-6)25(30)28(24(22)29)20-21-14-13-19-31-21/h13-14,19H,7-12,20H2,1-6H3. The SMILES string of the molecule is CCOC(C#CC1=C(C#CC(OCC)(OCC)OCC)C(=O)N(Cc2ccco2)C1=O)(OCC)OCC. The van der Waals surface area contributed by atoms with Crippen LogP contribution in [0.5, 0.6) is 0 Å². The van der Waals surface area contributed by atoms with Gasteiger partial charge in [0.25, 0.3) is 11.8 Å². The summed E-state index contributed by atoms with van der Waals surface area (Å²) < 4.78 is 39.1. The van der Waals surface area contributed by atoms with E-state index in [-0.39, 0.29) is 57.3 Å². The van der Waals surface area contributed by atoms with E-state index in [4.69, 9.17) is 32.8 Å². The van der Waals surface area contributed by atoms with Gasteiger partial charge in [-0.1, -0.05) is 11.8 Å². The molecular weight excluding hydrogens is 482 g/mol. The number of amides is 2. The lowest BCUT2D eigenvalue weighted by Crippen LogP contribution is -2.38. The molecule has 0 fully saturated rings. The highest BCUT2D eigenvalue weighted by atomic mass is 16.9. The average Bonchev–Trinajstić information content (AvgIpc) is 3.45. The smallest absolute Gasteiger partial charge is 0.353 e. The molecule has 10 heteroatoms. The predicted octanol–water partition coefficient (Wildman–Crippen LogP) is 2.98. The summed E-state index contributed by atoms with van der Waals surface area (Å²) >= 11 is 0. The highest BCUT2D eigenvalue weighted by Gasteiger charge is 2.39. The fourth-order valence-electron chi connectivity index (χ4n) is 3.39. The van der Waals surface area contributed by atoms with E-state index in [2.05, 4.69) is 23.7 Å². The summed E-state index contributed by atoms with van der Waals surface area (Å²) in [6.45, 7) is 11.9. The van der Waals surface area contributed by atoms with Crippen molar-refractivity contribution in [2.45, 2.75) is 60.0 Å². The highest BCUT2D eigenvalue weighted by molar-refractivity contribution is 6.23. The van der Waals surface area contributed by atoms with Crippen LogP contribution < -0.4 is 0 Å². The fourth-order valence-corrected chi connectivity index (χ4v) is 3.39. The summed E-state index contributed by atoms with van der Waals surface area (Å²) in [5, 5.41) is 0. The maximum Gasteiger partial charge on any atom is 0.353 e. The van der Waals surface area contributed by atoms with Crippen LogP contribution in [-0.4, -0.2) is 68.3 Å². The molecule has 1 aliphatic rings. The van der Waals surface area contributed by atoms with Gasteiger partial charge in [-0.15, -0.1) is 0 Å². The molecule has 0 aromatic carbocycles. The first kappa shape index (κ1) is 30.3. The van der Waals surface area contributed by atoms with Crippen molar-refractivity contribution in [3.63, 3.8) is 0 Å². The molecule has 0 atom stereocenters. The van der Waals surface area contributed by atoms with Crippen molar-refractivity contribution in [2.24, 2.45) is 0 Å². The van der Waals surface area contributed by atoms with Gasteiger partial charge in [-0.05, 0) is 65.5 Å². The Bertz CT molecular complexity index is 953. The lowest BCUT2D eigenvalue weighted by atomic mass is 10.1. The van der Waals surface area contributed by atoms with Gasteiger partial charge >= 0.3 is 11.9 Å². The number of carbonyl (C=O) groups excluding carboxylic acids is 2. The van der Waals surface area contributed by atoms with E-state index in [0.717, 1.165) is 4.90 Å². The number of rotatable bonds is 14. The van der Waals surface area contributed by atoms with Gasteiger partial charge in [-0.25, -0.2) is 0 Å². The van der Waals surface area contributed by atoms with Gasteiger partial charge in [0.15, 0.2) is 0 Å². The van der Waals surface area contributed by atoms with Crippen LogP contribution in [0.1, 0.15) is 47.3 Å². The van der Waals surface area contributed by atoms with Gasteiger partial charge in [-0.3, -0.25) is 14.5 Å². The maximum absolute atomic E-state index is 13.4. The van der Waals surface area contributed by atoms with Crippen molar-refractivity contribution in [1.29, 1.82) is 0 Å². The molecule has 0 radical (unpaired) electrons. The molecule has 2 heterocycles. The fraction of sp³-hybridized carbons (Fsp3) is 0.556. The number of carbonyl (C=O) groups is 2. The minimum Gasteiger partial charge on any atom is -0.467 e. The quantitative estimate of drug-likeness (QED) is 0.209. The van der Waals surface area contributed by atoms with Gasteiger partial charge in [0.2, 0.25) is 0 Å². The molecule has 1 aromatic heterocycles. The van der Waals surface area contributed by atoms with Gasteiger partial charge in [0.05, 0.1) is 52.4 Å². The van der Waals surface area contributed by atoms with Crippen LogP contribution in [0.25, 0.3) is 0 Å². The van der Waals surface area contributed by atoms with Gasteiger partial charge in [0.1, 0.15) is 16.9 Å². The molecule has 2 rings (SSSR count). The average molecular weight is 518 g/mol. The number of nitrogens with zero attached hydrogens (tertiary/aromatic N) is 1. The van der Waals surface area contributed by atoms with Crippen molar-refractivity contribution in [3.8, 4) is 23.7 Å². The van der Waals surface area contributed by atoms with Crippen molar-refractivity contribution < 1.29 is 42.4 Å². The predicted molar refractivity (Wildman–Crippen MR) is 132 cm³/mol. The zero-order valence-corrected chi connectivity index (χ0v) is 22.3. The van der Waals surface area contributed by atoms with E-state index in [0.29, 0.717) is 5.76 Å². The summed E-state index contributed by atoms with van der Waals surface area (Å²) in [4.78, 5) is 27.7. The van der Waals surface area contributed by atoms with Crippen molar-refractivity contribution in [1.82, 2.24) is 4.90 Å². The Hall–Kier alpha value is -2.96. The molecule has 0 spiro atoms. The van der Waals surface area contributed by atoms with E-state index >= 15 is 0 Å². The van der Waals surface area contributed by atoms with Crippen molar-refractivity contribution in [3.05, 3.63) is 35.3 Å². The van der Waals surface area contributed by atoms with E-state index in [9.17, 15) is 9.59 Å². The monoisotopic (exact) mass is 517 g/mol. The number of furan rings is 1. The lowest BCUT2D eigenvalue weighted by molar-refractivity contribution is -0.339. The first-order valence-electron chi connectivity index (χ1n) is 12.4. The summed E-state index contributed by atoms with van der Waals surface area (Å²) in [6.07, 6.45) is 1.45. The summed E-state index contributed by atoms with van der Waals surface area (Å²) in [5.74, 6) is 6.67. The Labute approximate surface area is 218 Å². The normalized spacial score (nSPS) is 14.1. The maximum atomic E-state index is 13.4. The van der Waals surface area contributed by atoms with E-state index in [1.54, 1.807) is 53.7 Å². The van der Waals surface area contributed by atoms with Gasteiger partial charge in [0, 0.05) is 0 Å². The van der Waals surface area contributed by atoms with Crippen LogP contribution in [0.15, 0.2) is 34.0 Å². The zero-order valence-electron chi connectivity index (χ0n) is 22.3. The van der Waals surface area contributed by atoms with Crippen LogP contribution in [0.2, 0.25) is 0 Å². The zero-order chi connectivity index (χ0) is 27.3. The molecule has 37 heavy (non-hydrogen) atoms. The minimum atomic E-state index is -1.72. The molecule has 0 saturated heterocycles. The molecule has 0 unspecified atom stereocenters. The molecule has 202 valence electrons. The Kier molecular flexibility index (Phi) is 12.0. The second-order valence-corrected chi connectivity index (χ2v) is 7.24. The second-order valence-electron chi connectivity index (χ2n) is 7.24. The van der Waals surface area contributed by atoms with Crippen LogP contribution in [0.4, 0.5) is 0 Å². The third-order valence-electron chi connectivity index (χ3n) is 4.75. The molecule has 0 saturated carbocycles. The largest absolute Gasteiger partial charge is 0.467 e. The molecule has 0 aliphatic carbocycles. The second kappa shape index (κ2) is 14.7.